The number of carbonyl (C=O) groups is 3. The normalized spacial score (nSPS) is 15.1. The molecule has 2 unspecified atom stereocenters. The van der Waals surface area contributed by atoms with Gasteiger partial charge in [0.05, 0.1) is 16.3 Å². The third kappa shape index (κ3) is 6.13. The molecule has 194 valence electrons. The summed E-state index contributed by atoms with van der Waals surface area (Å²) in [6, 6.07) is 21.1. The lowest BCUT2D eigenvalue weighted by molar-refractivity contribution is -0.126. The minimum absolute atomic E-state index is 0.130. The lowest BCUT2D eigenvalue weighted by atomic mass is 10.0. The molecule has 3 aromatic carbocycles. The van der Waals surface area contributed by atoms with E-state index in [0.717, 1.165) is 5.56 Å². The van der Waals surface area contributed by atoms with Gasteiger partial charge in [0.25, 0.3) is 5.91 Å². The first kappa shape index (κ1) is 26.7. The molecule has 1 aliphatic rings. The number of fused-ring (bicyclic) bond motifs is 1. The number of nitrogens with zero attached hydrogens (tertiary/aromatic N) is 2. The van der Waals surface area contributed by atoms with Gasteiger partial charge in [0, 0.05) is 42.4 Å². The number of nitriles is 1. The molecule has 1 heterocycles. The van der Waals surface area contributed by atoms with Gasteiger partial charge in [-0.1, -0.05) is 48.9 Å². The van der Waals surface area contributed by atoms with Crippen LogP contribution in [0.1, 0.15) is 43.9 Å². The van der Waals surface area contributed by atoms with Crippen LogP contribution >= 0.6 is 11.6 Å². The van der Waals surface area contributed by atoms with Gasteiger partial charge in [0.2, 0.25) is 17.9 Å². The monoisotopic (exact) mass is 530 g/mol. The van der Waals surface area contributed by atoms with Crippen molar-refractivity contribution >= 4 is 46.4 Å². The highest BCUT2D eigenvalue weighted by Crippen LogP contribution is 2.40. The Kier molecular flexibility index (Phi) is 8.29. The van der Waals surface area contributed by atoms with E-state index in [1.165, 1.54) is 12.1 Å². The molecule has 2 N–H and O–H groups in total. The SMILES string of the molecule is CCN1C(=O)C(c2ccccc2)Oc2cc(NC(=O)CC(C)CC(=O)Nc3ccc(C#N)c(Cl)c3)ccc21. The van der Waals surface area contributed by atoms with Crippen LogP contribution in [0.2, 0.25) is 5.02 Å². The Morgan fingerprint density at radius 2 is 1.66 bits per heavy atom. The summed E-state index contributed by atoms with van der Waals surface area (Å²) < 4.78 is 6.08. The van der Waals surface area contributed by atoms with Crippen LogP contribution in [0.3, 0.4) is 0 Å². The van der Waals surface area contributed by atoms with E-state index in [0.29, 0.717) is 34.9 Å². The molecule has 4 rings (SSSR count). The second-order valence-corrected chi connectivity index (χ2v) is 9.50. The first-order valence-electron chi connectivity index (χ1n) is 12.3. The smallest absolute Gasteiger partial charge is 0.272 e. The minimum Gasteiger partial charge on any atom is -0.474 e. The number of hydrogen-bond acceptors (Lipinski definition) is 5. The Hall–Kier alpha value is -4.35. The number of benzene rings is 3. The molecular formula is C29H27ClN4O4. The molecule has 9 heteroatoms. The summed E-state index contributed by atoms with van der Waals surface area (Å²) in [7, 11) is 0. The van der Waals surface area contributed by atoms with Crippen molar-refractivity contribution in [3.05, 3.63) is 82.9 Å². The van der Waals surface area contributed by atoms with E-state index in [1.54, 1.807) is 29.2 Å². The molecule has 0 aromatic heterocycles. The van der Waals surface area contributed by atoms with Gasteiger partial charge in [-0.2, -0.15) is 5.26 Å². The lowest BCUT2D eigenvalue weighted by Gasteiger charge is -2.34. The maximum Gasteiger partial charge on any atom is 0.272 e. The molecule has 0 saturated carbocycles. The second-order valence-electron chi connectivity index (χ2n) is 9.09. The molecule has 8 nitrogen and oxygen atoms in total. The van der Waals surface area contributed by atoms with E-state index < -0.39 is 6.10 Å². The van der Waals surface area contributed by atoms with Crippen molar-refractivity contribution in [3.63, 3.8) is 0 Å². The molecule has 0 aliphatic carbocycles. The Bertz CT molecular complexity index is 1400. The molecule has 0 bridgehead atoms. The van der Waals surface area contributed by atoms with Gasteiger partial charge in [0.1, 0.15) is 11.8 Å². The highest BCUT2D eigenvalue weighted by atomic mass is 35.5. The van der Waals surface area contributed by atoms with Crippen LogP contribution in [-0.4, -0.2) is 24.3 Å². The zero-order valence-corrected chi connectivity index (χ0v) is 21.8. The van der Waals surface area contributed by atoms with Crippen LogP contribution in [0.5, 0.6) is 5.75 Å². The first-order valence-corrected chi connectivity index (χ1v) is 12.6. The van der Waals surface area contributed by atoms with Crippen molar-refractivity contribution in [3.8, 4) is 11.8 Å². The number of likely N-dealkylation sites (N-methyl/N-ethyl adjacent to an activating group) is 1. The van der Waals surface area contributed by atoms with Gasteiger partial charge >= 0.3 is 0 Å². The molecule has 0 spiro atoms. The van der Waals surface area contributed by atoms with Crippen molar-refractivity contribution in [1.29, 1.82) is 5.26 Å². The van der Waals surface area contributed by atoms with E-state index in [2.05, 4.69) is 10.6 Å². The fourth-order valence-corrected chi connectivity index (χ4v) is 4.55. The summed E-state index contributed by atoms with van der Waals surface area (Å²) in [5.74, 6) is -0.367. The van der Waals surface area contributed by atoms with Gasteiger partial charge in [-0.05, 0) is 43.2 Å². The van der Waals surface area contributed by atoms with Crippen LogP contribution in [-0.2, 0) is 14.4 Å². The van der Waals surface area contributed by atoms with E-state index in [1.807, 2.05) is 50.2 Å². The second kappa shape index (κ2) is 11.8. The molecule has 3 aromatic rings. The van der Waals surface area contributed by atoms with Gasteiger partial charge in [-0.3, -0.25) is 14.4 Å². The molecule has 0 radical (unpaired) electrons. The van der Waals surface area contributed by atoms with E-state index >= 15 is 0 Å². The number of hydrogen-bond donors (Lipinski definition) is 2. The van der Waals surface area contributed by atoms with Gasteiger partial charge in [-0.25, -0.2) is 0 Å². The van der Waals surface area contributed by atoms with Crippen molar-refractivity contribution in [2.75, 3.05) is 22.1 Å². The average molecular weight is 531 g/mol. The maximum atomic E-state index is 13.0. The fraction of sp³-hybridized carbons (Fsp3) is 0.241. The fourth-order valence-electron chi connectivity index (χ4n) is 4.32. The largest absolute Gasteiger partial charge is 0.474 e. The van der Waals surface area contributed by atoms with Crippen LogP contribution in [0.15, 0.2) is 66.7 Å². The zero-order valence-electron chi connectivity index (χ0n) is 21.0. The van der Waals surface area contributed by atoms with Gasteiger partial charge in [0.15, 0.2) is 0 Å². The number of ether oxygens (including phenoxy) is 1. The number of carbonyl (C=O) groups excluding carboxylic acids is 3. The zero-order chi connectivity index (χ0) is 27.2. The maximum absolute atomic E-state index is 13.0. The molecule has 2 atom stereocenters. The number of nitrogens with one attached hydrogen (secondary N) is 2. The highest BCUT2D eigenvalue weighted by Gasteiger charge is 2.34. The van der Waals surface area contributed by atoms with Gasteiger partial charge in [-0.15, -0.1) is 0 Å². The third-order valence-corrected chi connectivity index (χ3v) is 6.44. The predicted molar refractivity (Wildman–Crippen MR) is 146 cm³/mol. The summed E-state index contributed by atoms with van der Waals surface area (Å²) in [6.45, 7) is 4.20. The summed E-state index contributed by atoms with van der Waals surface area (Å²) in [4.78, 5) is 39.8. The predicted octanol–water partition coefficient (Wildman–Crippen LogP) is 5.69. The van der Waals surface area contributed by atoms with Gasteiger partial charge < -0.3 is 20.3 Å². The Morgan fingerprint density at radius 3 is 2.26 bits per heavy atom. The van der Waals surface area contributed by atoms with Crippen molar-refractivity contribution in [1.82, 2.24) is 0 Å². The van der Waals surface area contributed by atoms with E-state index in [4.69, 9.17) is 21.6 Å². The molecular weight excluding hydrogens is 504 g/mol. The average Bonchev–Trinajstić information content (AvgIpc) is 2.88. The Balaban J connectivity index is 1.37. The van der Waals surface area contributed by atoms with E-state index in [-0.39, 0.29) is 41.5 Å². The summed E-state index contributed by atoms with van der Waals surface area (Å²) >= 11 is 6.02. The summed E-state index contributed by atoms with van der Waals surface area (Å²) in [6.07, 6.45) is -0.504. The third-order valence-electron chi connectivity index (χ3n) is 6.13. The molecule has 0 fully saturated rings. The number of halogens is 1. The quantitative estimate of drug-likeness (QED) is 0.388. The molecule has 1 aliphatic heterocycles. The number of amides is 3. The standard InChI is InChI=1S/C29H27ClN4O4/c1-3-34-24-12-11-22(16-25(24)38-28(29(34)37)19-7-5-4-6-8-19)33-27(36)14-18(2)13-26(35)32-21-10-9-20(17-31)23(30)15-21/h4-12,15-16,18,28H,3,13-14H2,1-2H3,(H,32,35)(H,33,36). The van der Waals surface area contributed by atoms with Crippen LogP contribution in [0, 0.1) is 17.2 Å². The van der Waals surface area contributed by atoms with Crippen molar-refractivity contribution < 1.29 is 19.1 Å². The highest BCUT2D eigenvalue weighted by molar-refractivity contribution is 6.32. The van der Waals surface area contributed by atoms with Crippen LogP contribution in [0.4, 0.5) is 17.1 Å². The van der Waals surface area contributed by atoms with Crippen LogP contribution < -0.4 is 20.3 Å². The minimum atomic E-state index is -0.765. The van der Waals surface area contributed by atoms with E-state index in [9.17, 15) is 14.4 Å². The topological polar surface area (TPSA) is 112 Å². The molecule has 38 heavy (non-hydrogen) atoms. The van der Waals surface area contributed by atoms with Crippen molar-refractivity contribution in [2.45, 2.75) is 32.8 Å². The van der Waals surface area contributed by atoms with Crippen molar-refractivity contribution in [2.24, 2.45) is 5.92 Å². The Morgan fingerprint density at radius 1 is 1.03 bits per heavy atom. The lowest BCUT2D eigenvalue weighted by Crippen LogP contribution is -2.41. The molecule has 3 amide bonds. The number of anilines is 3. The Labute approximate surface area is 226 Å². The summed E-state index contributed by atoms with van der Waals surface area (Å²) in [5.41, 5.74) is 2.75. The first-order chi connectivity index (χ1) is 18.3. The molecule has 0 saturated heterocycles. The summed E-state index contributed by atoms with van der Waals surface area (Å²) in [5, 5.41) is 14.8. The number of rotatable bonds is 8. The van der Waals surface area contributed by atoms with Crippen LogP contribution in [0.25, 0.3) is 0 Å².